The predicted octanol–water partition coefficient (Wildman–Crippen LogP) is 1.13. The van der Waals surface area contributed by atoms with E-state index in [1.807, 2.05) is 12.2 Å². The smallest absolute Gasteiger partial charge is 0.307 e. The van der Waals surface area contributed by atoms with Crippen molar-refractivity contribution in [2.24, 2.45) is 29.6 Å². The summed E-state index contributed by atoms with van der Waals surface area (Å²) in [7, 11) is 1.64. The molecule has 0 aromatic carbocycles. The first-order valence-electron chi connectivity index (χ1n) is 6.51. The van der Waals surface area contributed by atoms with Crippen molar-refractivity contribution in [2.75, 3.05) is 13.6 Å². The Kier molecular flexibility index (Phi) is 3.61. The van der Waals surface area contributed by atoms with Gasteiger partial charge in [-0.25, -0.2) is 0 Å². The van der Waals surface area contributed by atoms with E-state index in [0.717, 1.165) is 6.42 Å². The van der Waals surface area contributed by atoms with E-state index in [4.69, 9.17) is 5.26 Å². The molecule has 1 fully saturated rings. The maximum atomic E-state index is 12.4. The van der Waals surface area contributed by atoms with Crippen LogP contribution >= 0.6 is 0 Å². The van der Waals surface area contributed by atoms with Crippen LogP contribution in [0, 0.1) is 40.9 Å². The van der Waals surface area contributed by atoms with Gasteiger partial charge in [0, 0.05) is 13.6 Å². The standard InChI is InChI=1S/C14H18N2O3/c1-8(6-15)7-16(2)13(17)11-9-3-4-10(5-9)12(11)14(18)19/h3-4,8-12H,5,7H2,1-2H3,(H,18,19)/t8?,9?,10?,11-,12+/m0/s1. The summed E-state index contributed by atoms with van der Waals surface area (Å²) in [6, 6.07) is 2.09. The molecule has 0 radical (unpaired) electrons. The highest BCUT2D eigenvalue weighted by Gasteiger charge is 2.52. The number of hydrogen-bond donors (Lipinski definition) is 1. The summed E-state index contributed by atoms with van der Waals surface area (Å²) < 4.78 is 0. The zero-order valence-electron chi connectivity index (χ0n) is 11.1. The van der Waals surface area contributed by atoms with Crippen molar-refractivity contribution in [1.82, 2.24) is 4.90 Å². The van der Waals surface area contributed by atoms with Crippen LogP contribution in [0.25, 0.3) is 0 Å². The normalized spacial score (nSPS) is 32.9. The van der Waals surface area contributed by atoms with Gasteiger partial charge in [-0.3, -0.25) is 9.59 Å². The molecule has 0 spiro atoms. The molecule has 5 nitrogen and oxygen atoms in total. The fraction of sp³-hybridized carbons (Fsp3) is 0.643. The van der Waals surface area contributed by atoms with Crippen molar-refractivity contribution in [2.45, 2.75) is 13.3 Å². The van der Waals surface area contributed by atoms with E-state index in [9.17, 15) is 14.7 Å². The van der Waals surface area contributed by atoms with Crippen LogP contribution in [0.4, 0.5) is 0 Å². The lowest BCUT2D eigenvalue weighted by Crippen LogP contribution is -2.42. The first-order chi connectivity index (χ1) is 8.95. The minimum absolute atomic E-state index is 0.0155. The van der Waals surface area contributed by atoms with Crippen molar-refractivity contribution in [3.63, 3.8) is 0 Å². The van der Waals surface area contributed by atoms with Crippen LogP contribution in [0.15, 0.2) is 12.2 Å². The van der Waals surface area contributed by atoms with E-state index in [1.54, 1.807) is 14.0 Å². The first-order valence-corrected chi connectivity index (χ1v) is 6.51. The highest BCUT2D eigenvalue weighted by Crippen LogP contribution is 2.48. The summed E-state index contributed by atoms with van der Waals surface area (Å²) in [5.41, 5.74) is 0. The van der Waals surface area contributed by atoms with E-state index in [2.05, 4.69) is 6.07 Å². The Labute approximate surface area is 112 Å². The number of carboxylic acids is 1. The number of allylic oxidation sites excluding steroid dienone is 2. The second-order valence-corrected chi connectivity index (χ2v) is 5.59. The van der Waals surface area contributed by atoms with Crippen LogP contribution in [-0.2, 0) is 9.59 Å². The molecule has 2 bridgehead atoms. The van der Waals surface area contributed by atoms with Crippen LogP contribution in [-0.4, -0.2) is 35.5 Å². The van der Waals surface area contributed by atoms with Crippen LogP contribution in [0.3, 0.4) is 0 Å². The molecule has 3 unspecified atom stereocenters. The Morgan fingerprint density at radius 1 is 1.42 bits per heavy atom. The van der Waals surface area contributed by atoms with Gasteiger partial charge in [-0.1, -0.05) is 12.2 Å². The summed E-state index contributed by atoms with van der Waals surface area (Å²) in [4.78, 5) is 25.3. The van der Waals surface area contributed by atoms with Gasteiger partial charge in [0.1, 0.15) is 0 Å². The number of rotatable bonds is 4. The quantitative estimate of drug-likeness (QED) is 0.770. The molecular weight excluding hydrogens is 244 g/mol. The first kappa shape index (κ1) is 13.6. The Hall–Kier alpha value is -1.83. The number of hydrogen-bond acceptors (Lipinski definition) is 3. The van der Waals surface area contributed by atoms with Gasteiger partial charge in [0.05, 0.1) is 23.8 Å². The molecule has 2 rings (SSSR count). The molecule has 1 saturated carbocycles. The van der Waals surface area contributed by atoms with Crippen LogP contribution in [0.1, 0.15) is 13.3 Å². The fourth-order valence-corrected chi connectivity index (χ4v) is 3.29. The number of carboxylic acid groups (broad SMARTS) is 1. The number of carbonyl (C=O) groups excluding carboxylic acids is 1. The number of amides is 1. The average Bonchev–Trinajstić information content (AvgIpc) is 2.97. The molecular formula is C14H18N2O3. The molecule has 0 heterocycles. The zero-order chi connectivity index (χ0) is 14.2. The van der Waals surface area contributed by atoms with E-state index in [1.165, 1.54) is 4.90 Å². The summed E-state index contributed by atoms with van der Waals surface area (Å²) >= 11 is 0. The van der Waals surface area contributed by atoms with Crippen LogP contribution in [0.2, 0.25) is 0 Å². The highest BCUT2D eigenvalue weighted by molar-refractivity contribution is 5.86. The highest BCUT2D eigenvalue weighted by atomic mass is 16.4. The number of nitriles is 1. The number of aliphatic carboxylic acids is 1. The van der Waals surface area contributed by atoms with Crippen molar-refractivity contribution in [1.29, 1.82) is 5.26 Å². The molecule has 5 heteroatoms. The monoisotopic (exact) mass is 262 g/mol. The molecule has 1 amide bonds. The molecule has 102 valence electrons. The van der Waals surface area contributed by atoms with E-state index in [-0.39, 0.29) is 23.7 Å². The third-order valence-electron chi connectivity index (χ3n) is 4.17. The van der Waals surface area contributed by atoms with Gasteiger partial charge >= 0.3 is 5.97 Å². The lowest BCUT2D eigenvalue weighted by atomic mass is 9.82. The molecule has 19 heavy (non-hydrogen) atoms. The van der Waals surface area contributed by atoms with E-state index < -0.39 is 17.8 Å². The number of fused-ring (bicyclic) bond motifs is 2. The Morgan fingerprint density at radius 3 is 2.53 bits per heavy atom. The van der Waals surface area contributed by atoms with Crippen molar-refractivity contribution in [3.05, 3.63) is 12.2 Å². The lowest BCUT2D eigenvalue weighted by Gasteiger charge is -2.29. The summed E-state index contributed by atoms with van der Waals surface area (Å²) in [6.45, 7) is 2.10. The van der Waals surface area contributed by atoms with Crippen LogP contribution < -0.4 is 0 Å². The fourth-order valence-electron chi connectivity index (χ4n) is 3.29. The zero-order valence-corrected chi connectivity index (χ0v) is 11.1. The van der Waals surface area contributed by atoms with Gasteiger partial charge in [0.15, 0.2) is 0 Å². The molecule has 0 aromatic rings. The number of carbonyl (C=O) groups is 2. The SMILES string of the molecule is CC(C#N)CN(C)C(=O)[C@H]1C2C=CC(C2)[C@H]1C(=O)O. The minimum atomic E-state index is -0.892. The van der Waals surface area contributed by atoms with Gasteiger partial charge in [0.25, 0.3) is 0 Å². The third kappa shape index (κ3) is 2.35. The summed E-state index contributed by atoms with van der Waals surface area (Å²) in [6.07, 6.45) is 4.65. The lowest BCUT2D eigenvalue weighted by molar-refractivity contribution is -0.150. The maximum absolute atomic E-state index is 12.4. The predicted molar refractivity (Wildman–Crippen MR) is 67.8 cm³/mol. The second-order valence-electron chi connectivity index (χ2n) is 5.59. The van der Waals surface area contributed by atoms with Crippen molar-refractivity contribution in [3.8, 4) is 6.07 Å². The molecule has 1 N–H and O–H groups in total. The van der Waals surface area contributed by atoms with Gasteiger partial charge in [0.2, 0.25) is 5.91 Å². The Morgan fingerprint density at radius 2 is 2.00 bits per heavy atom. The third-order valence-corrected chi connectivity index (χ3v) is 4.17. The summed E-state index contributed by atoms with van der Waals surface area (Å²) in [5, 5.41) is 18.1. The minimum Gasteiger partial charge on any atom is -0.481 e. The number of nitrogens with zero attached hydrogens (tertiary/aromatic N) is 2. The summed E-state index contributed by atoms with van der Waals surface area (Å²) in [5.74, 6) is -2.34. The largest absolute Gasteiger partial charge is 0.481 e. The topological polar surface area (TPSA) is 81.4 Å². The molecule has 0 aromatic heterocycles. The van der Waals surface area contributed by atoms with Crippen molar-refractivity contribution < 1.29 is 14.7 Å². The van der Waals surface area contributed by atoms with Crippen LogP contribution in [0.5, 0.6) is 0 Å². The van der Waals surface area contributed by atoms with Crippen molar-refractivity contribution >= 4 is 11.9 Å². The molecule has 2 aliphatic carbocycles. The molecule has 0 saturated heterocycles. The molecule has 5 atom stereocenters. The van der Waals surface area contributed by atoms with Gasteiger partial charge < -0.3 is 10.0 Å². The van der Waals surface area contributed by atoms with E-state index in [0.29, 0.717) is 6.54 Å². The second kappa shape index (κ2) is 5.04. The van der Waals surface area contributed by atoms with Gasteiger partial charge in [-0.05, 0) is 25.2 Å². The Bertz CT molecular complexity index is 466. The molecule has 0 aliphatic heterocycles. The average molecular weight is 262 g/mol. The van der Waals surface area contributed by atoms with Gasteiger partial charge in [-0.15, -0.1) is 0 Å². The Balaban J connectivity index is 2.12. The van der Waals surface area contributed by atoms with Gasteiger partial charge in [-0.2, -0.15) is 5.26 Å². The molecule has 2 aliphatic rings. The maximum Gasteiger partial charge on any atom is 0.307 e. The van der Waals surface area contributed by atoms with E-state index >= 15 is 0 Å².